The number of hydrogen-bond donors (Lipinski definition) is 1. The van der Waals surface area contributed by atoms with Crippen LogP contribution in [0.1, 0.15) is 45.4 Å². The summed E-state index contributed by atoms with van der Waals surface area (Å²) >= 11 is 0. The van der Waals surface area contributed by atoms with Gasteiger partial charge in [0.2, 0.25) is 0 Å². The first kappa shape index (κ1) is 10.7. The third-order valence-corrected chi connectivity index (χ3v) is 3.21. The standard InChI is InChI=1S/C11H21NO/c1-2-9-4-3-5-10(8-9)11(13)6-7-12/h9-10H,2-8,12H2,1H3. The molecule has 2 unspecified atom stereocenters. The van der Waals surface area contributed by atoms with Crippen LogP contribution in [0.3, 0.4) is 0 Å². The molecule has 0 aromatic carbocycles. The predicted octanol–water partition coefficient (Wildman–Crippen LogP) is 2.12. The predicted molar refractivity (Wildman–Crippen MR) is 54.4 cm³/mol. The first-order valence-corrected chi connectivity index (χ1v) is 5.50. The van der Waals surface area contributed by atoms with E-state index in [2.05, 4.69) is 6.92 Å². The van der Waals surface area contributed by atoms with Crippen LogP contribution >= 0.6 is 0 Å². The maximum absolute atomic E-state index is 11.6. The van der Waals surface area contributed by atoms with E-state index in [9.17, 15) is 4.79 Å². The topological polar surface area (TPSA) is 43.1 Å². The van der Waals surface area contributed by atoms with Gasteiger partial charge in [-0.15, -0.1) is 0 Å². The highest BCUT2D eigenvalue weighted by Gasteiger charge is 2.25. The molecule has 0 bridgehead atoms. The zero-order valence-electron chi connectivity index (χ0n) is 8.59. The van der Waals surface area contributed by atoms with Gasteiger partial charge in [-0.05, 0) is 25.3 Å². The summed E-state index contributed by atoms with van der Waals surface area (Å²) in [6.45, 7) is 2.74. The molecule has 2 atom stereocenters. The van der Waals surface area contributed by atoms with Gasteiger partial charge in [-0.2, -0.15) is 0 Å². The highest BCUT2D eigenvalue weighted by Crippen LogP contribution is 2.31. The quantitative estimate of drug-likeness (QED) is 0.725. The molecule has 2 N–H and O–H groups in total. The van der Waals surface area contributed by atoms with Crippen molar-refractivity contribution in [2.75, 3.05) is 6.54 Å². The lowest BCUT2D eigenvalue weighted by Gasteiger charge is -2.27. The zero-order valence-corrected chi connectivity index (χ0v) is 8.59. The van der Waals surface area contributed by atoms with Gasteiger partial charge < -0.3 is 5.73 Å². The fourth-order valence-corrected chi connectivity index (χ4v) is 2.30. The summed E-state index contributed by atoms with van der Waals surface area (Å²) in [4.78, 5) is 11.6. The summed E-state index contributed by atoms with van der Waals surface area (Å²) in [5.41, 5.74) is 5.38. The Hall–Kier alpha value is -0.370. The fourth-order valence-electron chi connectivity index (χ4n) is 2.30. The van der Waals surface area contributed by atoms with Crippen LogP contribution < -0.4 is 5.73 Å². The highest BCUT2D eigenvalue weighted by atomic mass is 16.1. The van der Waals surface area contributed by atoms with Crippen molar-refractivity contribution in [3.8, 4) is 0 Å². The maximum atomic E-state index is 11.6. The van der Waals surface area contributed by atoms with Gasteiger partial charge in [-0.25, -0.2) is 0 Å². The summed E-state index contributed by atoms with van der Waals surface area (Å²) in [6.07, 6.45) is 6.60. The summed E-state index contributed by atoms with van der Waals surface area (Å²) in [6, 6.07) is 0. The van der Waals surface area contributed by atoms with Crippen molar-refractivity contribution in [1.82, 2.24) is 0 Å². The van der Waals surface area contributed by atoms with Crippen LogP contribution in [0.5, 0.6) is 0 Å². The molecule has 0 aromatic heterocycles. The van der Waals surface area contributed by atoms with Crippen LogP contribution in [-0.2, 0) is 4.79 Å². The second kappa shape index (κ2) is 5.38. The number of ketones is 1. The van der Waals surface area contributed by atoms with E-state index in [4.69, 9.17) is 5.73 Å². The first-order chi connectivity index (χ1) is 6.27. The molecule has 1 fully saturated rings. The average molecular weight is 183 g/mol. The number of carbonyl (C=O) groups excluding carboxylic acids is 1. The monoisotopic (exact) mass is 183 g/mol. The second-order valence-corrected chi connectivity index (χ2v) is 4.14. The molecule has 2 nitrogen and oxygen atoms in total. The van der Waals surface area contributed by atoms with Gasteiger partial charge in [0.15, 0.2) is 0 Å². The molecule has 0 spiro atoms. The molecule has 1 aliphatic rings. The van der Waals surface area contributed by atoms with Crippen molar-refractivity contribution in [3.63, 3.8) is 0 Å². The molecule has 0 aromatic rings. The van der Waals surface area contributed by atoms with E-state index in [1.807, 2.05) is 0 Å². The van der Waals surface area contributed by atoms with Crippen LogP contribution in [0.4, 0.5) is 0 Å². The third-order valence-electron chi connectivity index (χ3n) is 3.21. The van der Waals surface area contributed by atoms with Crippen LogP contribution in [0, 0.1) is 11.8 Å². The molecular formula is C11H21NO. The van der Waals surface area contributed by atoms with Crippen molar-refractivity contribution in [3.05, 3.63) is 0 Å². The number of nitrogens with two attached hydrogens (primary N) is 1. The summed E-state index contributed by atoms with van der Waals surface area (Å²) in [5.74, 6) is 1.53. The minimum absolute atomic E-state index is 0.335. The lowest BCUT2D eigenvalue weighted by molar-refractivity contribution is -0.124. The van der Waals surface area contributed by atoms with Crippen molar-refractivity contribution >= 4 is 5.78 Å². The Kier molecular flexibility index (Phi) is 4.43. The van der Waals surface area contributed by atoms with Gasteiger partial charge in [0.25, 0.3) is 0 Å². The fraction of sp³-hybridized carbons (Fsp3) is 0.909. The van der Waals surface area contributed by atoms with Crippen LogP contribution in [-0.4, -0.2) is 12.3 Å². The zero-order chi connectivity index (χ0) is 9.68. The Labute approximate surface area is 80.9 Å². The van der Waals surface area contributed by atoms with Crippen molar-refractivity contribution in [2.45, 2.75) is 45.4 Å². The average Bonchev–Trinajstić information content (AvgIpc) is 2.18. The molecule has 76 valence electrons. The van der Waals surface area contributed by atoms with Crippen LogP contribution in [0.15, 0.2) is 0 Å². The van der Waals surface area contributed by atoms with Gasteiger partial charge in [-0.1, -0.05) is 26.2 Å². The van der Waals surface area contributed by atoms with E-state index < -0.39 is 0 Å². The first-order valence-electron chi connectivity index (χ1n) is 5.50. The minimum Gasteiger partial charge on any atom is -0.330 e. The third kappa shape index (κ3) is 3.11. The summed E-state index contributed by atoms with van der Waals surface area (Å²) < 4.78 is 0. The van der Waals surface area contributed by atoms with E-state index in [0.29, 0.717) is 24.7 Å². The summed E-state index contributed by atoms with van der Waals surface area (Å²) in [5, 5.41) is 0. The molecule has 1 rings (SSSR count). The van der Waals surface area contributed by atoms with Gasteiger partial charge in [0, 0.05) is 12.3 Å². The minimum atomic E-state index is 0.335. The van der Waals surface area contributed by atoms with E-state index in [1.165, 1.54) is 19.3 Å². The molecule has 13 heavy (non-hydrogen) atoms. The molecule has 0 amide bonds. The largest absolute Gasteiger partial charge is 0.330 e. The Morgan fingerprint density at radius 2 is 2.23 bits per heavy atom. The Balaban J connectivity index is 2.37. The maximum Gasteiger partial charge on any atom is 0.137 e. The SMILES string of the molecule is CCC1CCCC(C(=O)CCN)C1. The normalized spacial score (nSPS) is 28.8. The van der Waals surface area contributed by atoms with Gasteiger partial charge in [0.1, 0.15) is 5.78 Å². The van der Waals surface area contributed by atoms with E-state index in [1.54, 1.807) is 0 Å². The van der Waals surface area contributed by atoms with Gasteiger partial charge in [-0.3, -0.25) is 4.79 Å². The van der Waals surface area contributed by atoms with Crippen LogP contribution in [0.2, 0.25) is 0 Å². The van der Waals surface area contributed by atoms with Gasteiger partial charge in [0.05, 0.1) is 0 Å². The van der Waals surface area contributed by atoms with E-state index >= 15 is 0 Å². The van der Waals surface area contributed by atoms with Gasteiger partial charge >= 0.3 is 0 Å². The lowest BCUT2D eigenvalue weighted by Crippen LogP contribution is -2.24. The Bertz CT molecular complexity index is 167. The molecule has 0 radical (unpaired) electrons. The molecule has 2 heteroatoms. The molecule has 0 saturated heterocycles. The van der Waals surface area contributed by atoms with Crippen molar-refractivity contribution in [1.29, 1.82) is 0 Å². The van der Waals surface area contributed by atoms with Crippen LogP contribution in [0.25, 0.3) is 0 Å². The number of carbonyl (C=O) groups is 1. The van der Waals surface area contributed by atoms with E-state index in [0.717, 1.165) is 18.8 Å². The second-order valence-electron chi connectivity index (χ2n) is 4.14. The van der Waals surface area contributed by atoms with Crippen molar-refractivity contribution < 1.29 is 4.79 Å². The number of Topliss-reactive ketones (excluding diaryl/α,β-unsaturated/α-hetero) is 1. The highest BCUT2D eigenvalue weighted by molar-refractivity contribution is 5.81. The molecule has 0 heterocycles. The molecule has 0 aliphatic heterocycles. The lowest BCUT2D eigenvalue weighted by atomic mass is 9.78. The van der Waals surface area contributed by atoms with E-state index in [-0.39, 0.29) is 0 Å². The molecular weight excluding hydrogens is 162 g/mol. The Morgan fingerprint density at radius 1 is 1.46 bits per heavy atom. The summed E-state index contributed by atoms with van der Waals surface area (Å²) in [7, 11) is 0. The molecule has 1 saturated carbocycles. The Morgan fingerprint density at radius 3 is 2.85 bits per heavy atom. The van der Waals surface area contributed by atoms with Crippen molar-refractivity contribution in [2.24, 2.45) is 17.6 Å². The number of rotatable bonds is 4. The molecule has 1 aliphatic carbocycles. The smallest absolute Gasteiger partial charge is 0.137 e. The number of hydrogen-bond acceptors (Lipinski definition) is 2.